The topological polar surface area (TPSA) is 39.7 Å². The van der Waals surface area contributed by atoms with Gasteiger partial charge in [-0.05, 0) is 65.2 Å². The Hall–Kier alpha value is -1.79. The molecule has 0 spiro atoms. The van der Waals surface area contributed by atoms with Crippen molar-refractivity contribution in [2.45, 2.75) is 25.5 Å². The summed E-state index contributed by atoms with van der Waals surface area (Å²) in [6.07, 6.45) is 0.828. The number of fused-ring (bicyclic) bond motifs is 3. The zero-order valence-electron chi connectivity index (χ0n) is 14.7. The maximum Gasteiger partial charge on any atom is 0.174 e. The lowest BCUT2D eigenvalue weighted by Crippen LogP contribution is -2.29. The third-order valence-electron chi connectivity index (χ3n) is 5.09. The normalized spacial score (nSPS) is 23.8. The summed E-state index contributed by atoms with van der Waals surface area (Å²) in [5.41, 5.74) is 2.92. The van der Waals surface area contributed by atoms with Gasteiger partial charge in [-0.3, -0.25) is 0 Å². The Morgan fingerprint density at radius 2 is 2.15 bits per heavy atom. The van der Waals surface area contributed by atoms with Gasteiger partial charge in [0.05, 0.1) is 30.3 Å². The SMILES string of the molecule is CCOc1cc([C@H]2Nc3ccc(F)cc3[C@H]3OCC[C@@H]23)cc(Br)c1OC. The highest BCUT2D eigenvalue weighted by Gasteiger charge is 2.42. The molecule has 138 valence electrons. The van der Waals surface area contributed by atoms with Crippen LogP contribution in [0.3, 0.4) is 0 Å². The molecule has 2 aromatic carbocycles. The molecule has 4 rings (SSSR count). The van der Waals surface area contributed by atoms with Crippen molar-refractivity contribution < 1.29 is 18.6 Å². The van der Waals surface area contributed by atoms with Crippen molar-refractivity contribution in [2.24, 2.45) is 5.92 Å². The summed E-state index contributed by atoms with van der Waals surface area (Å²) in [6, 6.07) is 8.99. The van der Waals surface area contributed by atoms with Crippen LogP contribution in [0, 0.1) is 11.7 Å². The molecule has 2 heterocycles. The third kappa shape index (κ3) is 2.95. The van der Waals surface area contributed by atoms with Crippen molar-refractivity contribution in [3.8, 4) is 11.5 Å². The number of hydrogen-bond donors (Lipinski definition) is 1. The van der Waals surface area contributed by atoms with Crippen LogP contribution in [-0.4, -0.2) is 20.3 Å². The molecule has 0 radical (unpaired) electrons. The van der Waals surface area contributed by atoms with Crippen LogP contribution < -0.4 is 14.8 Å². The number of halogens is 2. The van der Waals surface area contributed by atoms with Gasteiger partial charge in [0.25, 0.3) is 0 Å². The van der Waals surface area contributed by atoms with Gasteiger partial charge in [-0.15, -0.1) is 0 Å². The van der Waals surface area contributed by atoms with E-state index in [1.54, 1.807) is 19.2 Å². The fourth-order valence-electron chi connectivity index (χ4n) is 4.00. The lowest BCUT2D eigenvalue weighted by atomic mass is 9.81. The van der Waals surface area contributed by atoms with Gasteiger partial charge in [-0.1, -0.05) is 0 Å². The van der Waals surface area contributed by atoms with Gasteiger partial charge in [-0.25, -0.2) is 4.39 Å². The Kier molecular flexibility index (Phi) is 4.80. The largest absolute Gasteiger partial charge is 0.492 e. The average molecular weight is 422 g/mol. The van der Waals surface area contributed by atoms with Crippen LogP contribution in [0.4, 0.5) is 10.1 Å². The van der Waals surface area contributed by atoms with Crippen LogP contribution in [-0.2, 0) is 4.74 Å². The molecule has 0 aromatic heterocycles. The molecule has 3 atom stereocenters. The number of ether oxygens (including phenoxy) is 3. The van der Waals surface area contributed by atoms with Gasteiger partial charge in [0.1, 0.15) is 5.82 Å². The van der Waals surface area contributed by atoms with E-state index < -0.39 is 0 Å². The molecule has 0 saturated carbocycles. The first-order valence-electron chi connectivity index (χ1n) is 8.80. The van der Waals surface area contributed by atoms with E-state index in [2.05, 4.69) is 27.3 Å². The van der Waals surface area contributed by atoms with E-state index in [0.717, 1.165) is 27.7 Å². The minimum Gasteiger partial charge on any atom is -0.492 e. The Bertz CT molecular complexity index is 829. The molecule has 0 amide bonds. The molecule has 0 unspecified atom stereocenters. The first kappa shape index (κ1) is 17.6. The van der Waals surface area contributed by atoms with Crippen molar-refractivity contribution in [1.29, 1.82) is 0 Å². The second-order valence-electron chi connectivity index (χ2n) is 6.56. The number of rotatable bonds is 4. The molecule has 26 heavy (non-hydrogen) atoms. The fraction of sp³-hybridized carbons (Fsp3) is 0.400. The molecule has 2 aromatic rings. The lowest BCUT2D eigenvalue weighted by molar-refractivity contribution is 0.0826. The van der Waals surface area contributed by atoms with Gasteiger partial charge >= 0.3 is 0 Å². The van der Waals surface area contributed by atoms with Crippen molar-refractivity contribution >= 4 is 21.6 Å². The number of methoxy groups -OCH3 is 1. The van der Waals surface area contributed by atoms with Gasteiger partial charge < -0.3 is 19.5 Å². The van der Waals surface area contributed by atoms with Gasteiger partial charge in [0.2, 0.25) is 0 Å². The molecular formula is C20H21BrFNO3. The van der Waals surface area contributed by atoms with E-state index in [1.165, 1.54) is 6.07 Å². The molecule has 1 saturated heterocycles. The summed E-state index contributed by atoms with van der Waals surface area (Å²) in [6.45, 7) is 3.19. The van der Waals surface area contributed by atoms with Gasteiger partial charge in [0, 0.05) is 23.8 Å². The van der Waals surface area contributed by atoms with Crippen LogP contribution in [0.5, 0.6) is 11.5 Å². The van der Waals surface area contributed by atoms with Crippen molar-refractivity contribution in [2.75, 3.05) is 25.6 Å². The predicted octanol–water partition coefficient (Wildman–Crippen LogP) is 5.24. The number of nitrogens with one attached hydrogen (secondary N) is 1. The maximum atomic E-state index is 13.7. The summed E-state index contributed by atoms with van der Waals surface area (Å²) < 4.78 is 31.8. The second-order valence-corrected chi connectivity index (χ2v) is 7.42. The van der Waals surface area contributed by atoms with Crippen LogP contribution in [0.15, 0.2) is 34.8 Å². The smallest absolute Gasteiger partial charge is 0.174 e. The molecule has 6 heteroatoms. The molecule has 2 aliphatic heterocycles. The first-order chi connectivity index (χ1) is 12.6. The monoisotopic (exact) mass is 421 g/mol. The fourth-order valence-corrected chi connectivity index (χ4v) is 4.62. The number of anilines is 1. The van der Waals surface area contributed by atoms with Crippen LogP contribution in [0.1, 0.15) is 36.6 Å². The molecular weight excluding hydrogens is 401 g/mol. The van der Waals surface area contributed by atoms with Gasteiger partial charge in [0.15, 0.2) is 11.5 Å². The van der Waals surface area contributed by atoms with Crippen LogP contribution >= 0.6 is 15.9 Å². The van der Waals surface area contributed by atoms with Crippen LogP contribution in [0.2, 0.25) is 0 Å². The zero-order chi connectivity index (χ0) is 18.3. The number of benzene rings is 2. The van der Waals surface area contributed by atoms with Crippen molar-refractivity contribution in [3.05, 3.63) is 51.7 Å². The van der Waals surface area contributed by atoms with Gasteiger partial charge in [-0.2, -0.15) is 0 Å². The second kappa shape index (κ2) is 7.08. The minimum absolute atomic E-state index is 0.0573. The molecule has 1 N–H and O–H groups in total. The zero-order valence-corrected chi connectivity index (χ0v) is 16.3. The summed E-state index contributed by atoms with van der Waals surface area (Å²) in [7, 11) is 1.63. The molecule has 1 fully saturated rings. The first-order valence-corrected chi connectivity index (χ1v) is 9.59. The Morgan fingerprint density at radius 3 is 2.92 bits per heavy atom. The Labute approximate surface area is 160 Å². The maximum absolute atomic E-state index is 13.7. The highest BCUT2D eigenvalue weighted by atomic mass is 79.9. The third-order valence-corrected chi connectivity index (χ3v) is 5.68. The van der Waals surface area contributed by atoms with E-state index in [-0.39, 0.29) is 23.9 Å². The number of hydrogen-bond acceptors (Lipinski definition) is 4. The standard InChI is InChI=1S/C20H21BrFNO3/c1-3-25-17-9-11(8-15(21)20(17)24-2)18-13-6-7-26-19(13)14-10-12(22)4-5-16(14)23-18/h4-5,8-10,13,18-19,23H,3,6-7H2,1-2H3/t13-,18+,19-/m0/s1. The van der Waals surface area contributed by atoms with E-state index >= 15 is 0 Å². The Morgan fingerprint density at radius 1 is 1.31 bits per heavy atom. The molecule has 0 bridgehead atoms. The Balaban J connectivity index is 1.77. The summed E-state index contributed by atoms with van der Waals surface area (Å²) in [5, 5.41) is 3.58. The van der Waals surface area contributed by atoms with Crippen LogP contribution in [0.25, 0.3) is 0 Å². The minimum atomic E-state index is -0.232. The lowest BCUT2D eigenvalue weighted by Gasteiger charge is -2.36. The predicted molar refractivity (Wildman–Crippen MR) is 101 cm³/mol. The molecule has 0 aliphatic carbocycles. The summed E-state index contributed by atoms with van der Waals surface area (Å²) in [5.74, 6) is 1.40. The van der Waals surface area contributed by atoms with E-state index in [4.69, 9.17) is 14.2 Å². The molecule has 4 nitrogen and oxygen atoms in total. The van der Waals surface area contributed by atoms with Crippen molar-refractivity contribution in [1.82, 2.24) is 0 Å². The average Bonchev–Trinajstić information content (AvgIpc) is 3.11. The van der Waals surface area contributed by atoms with E-state index in [1.807, 2.05) is 13.0 Å². The quantitative estimate of drug-likeness (QED) is 0.732. The highest BCUT2D eigenvalue weighted by molar-refractivity contribution is 9.10. The van der Waals surface area contributed by atoms with Crippen molar-refractivity contribution in [3.63, 3.8) is 0 Å². The van der Waals surface area contributed by atoms with E-state index in [0.29, 0.717) is 24.7 Å². The highest BCUT2D eigenvalue weighted by Crippen LogP contribution is 2.51. The summed E-state index contributed by atoms with van der Waals surface area (Å²) >= 11 is 3.60. The summed E-state index contributed by atoms with van der Waals surface area (Å²) in [4.78, 5) is 0. The molecule has 2 aliphatic rings. The van der Waals surface area contributed by atoms with E-state index in [9.17, 15) is 4.39 Å².